The van der Waals surface area contributed by atoms with Gasteiger partial charge in [-0.1, -0.05) is 11.6 Å². The van der Waals surface area contributed by atoms with Crippen molar-refractivity contribution >= 4 is 23.4 Å². The van der Waals surface area contributed by atoms with Crippen LogP contribution in [-0.2, 0) is 20.9 Å². The molecule has 1 unspecified atom stereocenters. The third-order valence-electron chi connectivity index (χ3n) is 6.17. The standard InChI is InChI=1S/C22H30ClN3O4/c23-19-3-4-20-18(14-19)16-26(10-13-30-20)22(28)17-2-5-21(27)25(15-17)7-1-6-24-8-11-29-12-9-24/h3-4,14,17H,1-2,5-13,15-16H2. The molecule has 0 radical (unpaired) electrons. The normalized spacial score (nSPS) is 23.0. The fraction of sp³-hybridized carbons (Fsp3) is 0.636. The molecule has 3 heterocycles. The van der Waals surface area contributed by atoms with Gasteiger partial charge < -0.3 is 19.3 Å². The van der Waals surface area contributed by atoms with Crippen LogP contribution in [0.1, 0.15) is 24.8 Å². The van der Waals surface area contributed by atoms with E-state index in [-0.39, 0.29) is 17.7 Å². The van der Waals surface area contributed by atoms with Crippen molar-refractivity contribution in [2.45, 2.75) is 25.8 Å². The zero-order chi connectivity index (χ0) is 20.9. The Morgan fingerprint density at radius 1 is 1.13 bits per heavy atom. The van der Waals surface area contributed by atoms with E-state index in [9.17, 15) is 9.59 Å². The molecule has 0 N–H and O–H groups in total. The van der Waals surface area contributed by atoms with Crippen LogP contribution in [-0.4, -0.2) is 85.6 Å². The van der Waals surface area contributed by atoms with E-state index in [0.29, 0.717) is 50.7 Å². The monoisotopic (exact) mass is 435 g/mol. The van der Waals surface area contributed by atoms with Gasteiger partial charge in [-0.05, 0) is 31.0 Å². The lowest BCUT2D eigenvalue weighted by molar-refractivity contribution is -0.143. The number of likely N-dealkylation sites (tertiary alicyclic amines) is 1. The molecule has 4 rings (SSSR count). The summed E-state index contributed by atoms with van der Waals surface area (Å²) in [6.07, 6.45) is 1.99. The number of nitrogens with zero attached hydrogens (tertiary/aromatic N) is 3. The maximum Gasteiger partial charge on any atom is 0.227 e. The predicted octanol–water partition coefficient (Wildman–Crippen LogP) is 2.02. The SMILES string of the molecule is O=C1CCC(C(=O)N2CCOc3ccc(Cl)cc3C2)CN1CCCN1CCOCC1. The lowest BCUT2D eigenvalue weighted by atomic mass is 9.95. The number of hydrogen-bond donors (Lipinski definition) is 0. The van der Waals surface area contributed by atoms with Crippen LogP contribution in [0.25, 0.3) is 0 Å². The van der Waals surface area contributed by atoms with E-state index in [2.05, 4.69) is 4.90 Å². The molecule has 2 fully saturated rings. The summed E-state index contributed by atoms with van der Waals surface area (Å²) in [5, 5.41) is 0.640. The number of hydrogen-bond acceptors (Lipinski definition) is 5. The van der Waals surface area contributed by atoms with E-state index in [0.717, 1.165) is 50.6 Å². The van der Waals surface area contributed by atoms with Crippen LogP contribution in [0.2, 0.25) is 5.02 Å². The quantitative estimate of drug-likeness (QED) is 0.708. The highest BCUT2D eigenvalue weighted by atomic mass is 35.5. The van der Waals surface area contributed by atoms with Crippen LogP contribution in [0.3, 0.4) is 0 Å². The van der Waals surface area contributed by atoms with Gasteiger partial charge in [-0.15, -0.1) is 0 Å². The Balaban J connectivity index is 1.32. The molecule has 1 aromatic carbocycles. The fourth-order valence-electron chi connectivity index (χ4n) is 4.45. The molecule has 2 amide bonds. The topological polar surface area (TPSA) is 62.3 Å². The van der Waals surface area contributed by atoms with Gasteiger partial charge in [0.1, 0.15) is 12.4 Å². The molecule has 0 spiro atoms. The number of ether oxygens (including phenoxy) is 2. The predicted molar refractivity (Wildman–Crippen MR) is 114 cm³/mol. The molecule has 164 valence electrons. The average molecular weight is 436 g/mol. The van der Waals surface area contributed by atoms with E-state index in [4.69, 9.17) is 21.1 Å². The van der Waals surface area contributed by atoms with E-state index < -0.39 is 0 Å². The maximum atomic E-state index is 13.3. The molecule has 0 bridgehead atoms. The van der Waals surface area contributed by atoms with Gasteiger partial charge in [0.25, 0.3) is 0 Å². The third kappa shape index (κ3) is 5.25. The molecule has 7 nitrogen and oxygen atoms in total. The minimum absolute atomic E-state index is 0.108. The van der Waals surface area contributed by atoms with Gasteiger partial charge in [0.05, 0.1) is 25.7 Å². The molecule has 2 saturated heterocycles. The first-order valence-corrected chi connectivity index (χ1v) is 11.3. The Morgan fingerprint density at radius 2 is 1.97 bits per heavy atom. The molecular weight excluding hydrogens is 406 g/mol. The first kappa shape index (κ1) is 21.4. The Hall–Kier alpha value is -1.83. The second-order valence-corrected chi connectivity index (χ2v) is 8.68. The minimum Gasteiger partial charge on any atom is -0.491 e. The summed E-state index contributed by atoms with van der Waals surface area (Å²) < 4.78 is 11.2. The average Bonchev–Trinajstić information content (AvgIpc) is 2.97. The van der Waals surface area contributed by atoms with E-state index >= 15 is 0 Å². The molecule has 0 saturated carbocycles. The molecule has 3 aliphatic heterocycles. The van der Waals surface area contributed by atoms with Crippen LogP contribution >= 0.6 is 11.6 Å². The van der Waals surface area contributed by atoms with Crippen molar-refractivity contribution in [2.24, 2.45) is 5.92 Å². The smallest absolute Gasteiger partial charge is 0.227 e. The second-order valence-electron chi connectivity index (χ2n) is 8.24. The van der Waals surface area contributed by atoms with Crippen molar-refractivity contribution in [1.29, 1.82) is 0 Å². The van der Waals surface area contributed by atoms with Gasteiger partial charge >= 0.3 is 0 Å². The lowest BCUT2D eigenvalue weighted by Gasteiger charge is -2.35. The van der Waals surface area contributed by atoms with E-state index in [1.54, 1.807) is 6.07 Å². The summed E-state index contributed by atoms with van der Waals surface area (Å²) in [6.45, 7) is 7.18. The van der Waals surface area contributed by atoms with Crippen molar-refractivity contribution in [3.8, 4) is 5.75 Å². The Labute approximate surface area is 182 Å². The highest BCUT2D eigenvalue weighted by Gasteiger charge is 2.33. The highest BCUT2D eigenvalue weighted by molar-refractivity contribution is 6.30. The Bertz CT molecular complexity index is 769. The van der Waals surface area contributed by atoms with Crippen LogP contribution in [0.4, 0.5) is 0 Å². The molecular formula is C22H30ClN3O4. The van der Waals surface area contributed by atoms with Crippen LogP contribution in [0.15, 0.2) is 18.2 Å². The third-order valence-corrected chi connectivity index (χ3v) is 6.40. The number of piperidine rings is 1. The van der Waals surface area contributed by atoms with Crippen molar-refractivity contribution in [2.75, 3.05) is 59.1 Å². The van der Waals surface area contributed by atoms with Crippen molar-refractivity contribution in [1.82, 2.24) is 14.7 Å². The van der Waals surface area contributed by atoms with E-state index in [1.807, 2.05) is 21.9 Å². The molecule has 1 atom stereocenters. The highest BCUT2D eigenvalue weighted by Crippen LogP contribution is 2.28. The van der Waals surface area contributed by atoms with Crippen LogP contribution in [0, 0.1) is 5.92 Å². The van der Waals surface area contributed by atoms with Crippen molar-refractivity contribution < 1.29 is 19.1 Å². The molecule has 0 aliphatic carbocycles. The number of amides is 2. The summed E-state index contributed by atoms with van der Waals surface area (Å²) >= 11 is 6.13. The molecule has 30 heavy (non-hydrogen) atoms. The maximum absolute atomic E-state index is 13.3. The van der Waals surface area contributed by atoms with Crippen molar-refractivity contribution in [3.63, 3.8) is 0 Å². The number of halogens is 1. The molecule has 8 heteroatoms. The largest absolute Gasteiger partial charge is 0.491 e. The molecule has 0 aromatic heterocycles. The number of rotatable bonds is 5. The Morgan fingerprint density at radius 3 is 2.80 bits per heavy atom. The summed E-state index contributed by atoms with van der Waals surface area (Å²) in [4.78, 5) is 31.8. The van der Waals surface area contributed by atoms with Crippen molar-refractivity contribution in [3.05, 3.63) is 28.8 Å². The van der Waals surface area contributed by atoms with Crippen LogP contribution < -0.4 is 4.74 Å². The van der Waals surface area contributed by atoms with Gasteiger partial charge in [-0.3, -0.25) is 14.5 Å². The zero-order valence-corrected chi connectivity index (χ0v) is 18.1. The summed E-state index contributed by atoms with van der Waals surface area (Å²) in [7, 11) is 0. The minimum atomic E-state index is -0.146. The van der Waals surface area contributed by atoms with Crippen LogP contribution in [0.5, 0.6) is 5.75 Å². The van der Waals surface area contributed by atoms with Gasteiger partial charge in [0.2, 0.25) is 11.8 Å². The summed E-state index contributed by atoms with van der Waals surface area (Å²) in [6, 6.07) is 5.53. The number of benzene rings is 1. The number of fused-ring (bicyclic) bond motifs is 1. The van der Waals surface area contributed by atoms with Gasteiger partial charge in [0, 0.05) is 56.3 Å². The summed E-state index contributed by atoms with van der Waals surface area (Å²) in [5.41, 5.74) is 0.933. The zero-order valence-electron chi connectivity index (χ0n) is 17.4. The Kier molecular flexibility index (Phi) is 7.12. The number of morpholine rings is 1. The first-order valence-electron chi connectivity index (χ1n) is 10.9. The fourth-order valence-corrected chi connectivity index (χ4v) is 4.65. The number of carbonyl (C=O) groups excluding carboxylic acids is 2. The molecule has 1 aromatic rings. The lowest BCUT2D eigenvalue weighted by Crippen LogP contribution is -2.48. The van der Waals surface area contributed by atoms with E-state index in [1.165, 1.54) is 0 Å². The van der Waals surface area contributed by atoms with Gasteiger partial charge in [-0.25, -0.2) is 0 Å². The second kappa shape index (κ2) is 9.98. The number of carbonyl (C=O) groups is 2. The van der Waals surface area contributed by atoms with Gasteiger partial charge in [0.15, 0.2) is 0 Å². The summed E-state index contributed by atoms with van der Waals surface area (Å²) in [5.74, 6) is 0.916. The first-order chi connectivity index (χ1) is 14.6. The molecule has 3 aliphatic rings. The van der Waals surface area contributed by atoms with Gasteiger partial charge in [-0.2, -0.15) is 0 Å².